The summed E-state index contributed by atoms with van der Waals surface area (Å²) in [5.41, 5.74) is 1.14. The van der Waals surface area contributed by atoms with Crippen LogP contribution in [0.5, 0.6) is 0 Å². The van der Waals surface area contributed by atoms with Crippen molar-refractivity contribution in [2.45, 2.75) is 12.3 Å². The number of aliphatic hydroxyl groups excluding tert-OH is 1. The maximum absolute atomic E-state index is 9.17. The van der Waals surface area contributed by atoms with Gasteiger partial charge in [-0.2, -0.15) is 0 Å². The standard InChI is InChI=1S/C11H13BrO/c1-2-5-9(8-13)10-6-3-4-7-11(10)12/h2-4,6-7,9,13H,1,5,8H2. The molecule has 1 N–H and O–H groups in total. The lowest BCUT2D eigenvalue weighted by Crippen LogP contribution is -2.03. The Balaban J connectivity index is 2.90. The first-order valence-corrected chi connectivity index (χ1v) is 5.05. The molecule has 0 saturated carbocycles. The van der Waals surface area contributed by atoms with Crippen LogP contribution in [0.15, 0.2) is 41.4 Å². The second kappa shape index (κ2) is 5.20. The number of halogens is 1. The van der Waals surface area contributed by atoms with Crippen LogP contribution in [-0.2, 0) is 0 Å². The number of benzene rings is 1. The van der Waals surface area contributed by atoms with Crippen LogP contribution in [0.2, 0.25) is 0 Å². The van der Waals surface area contributed by atoms with E-state index in [9.17, 15) is 0 Å². The highest BCUT2D eigenvalue weighted by Gasteiger charge is 2.10. The van der Waals surface area contributed by atoms with Gasteiger partial charge in [0.1, 0.15) is 0 Å². The van der Waals surface area contributed by atoms with Gasteiger partial charge in [-0.3, -0.25) is 0 Å². The topological polar surface area (TPSA) is 20.2 Å². The van der Waals surface area contributed by atoms with Crippen LogP contribution >= 0.6 is 15.9 Å². The van der Waals surface area contributed by atoms with Crippen molar-refractivity contribution in [3.63, 3.8) is 0 Å². The van der Waals surface area contributed by atoms with Crippen LogP contribution in [0.1, 0.15) is 17.9 Å². The van der Waals surface area contributed by atoms with Crippen molar-refractivity contribution in [1.82, 2.24) is 0 Å². The number of aliphatic hydroxyl groups is 1. The number of hydrogen-bond donors (Lipinski definition) is 1. The van der Waals surface area contributed by atoms with E-state index in [-0.39, 0.29) is 12.5 Å². The van der Waals surface area contributed by atoms with E-state index in [4.69, 9.17) is 5.11 Å². The van der Waals surface area contributed by atoms with E-state index in [1.54, 1.807) is 0 Å². The van der Waals surface area contributed by atoms with E-state index in [0.717, 1.165) is 16.5 Å². The fourth-order valence-electron chi connectivity index (χ4n) is 1.31. The molecule has 1 aromatic rings. The highest BCUT2D eigenvalue weighted by molar-refractivity contribution is 9.10. The van der Waals surface area contributed by atoms with Crippen LogP contribution in [0.25, 0.3) is 0 Å². The minimum Gasteiger partial charge on any atom is -0.396 e. The Bertz CT molecular complexity index is 283. The molecule has 70 valence electrons. The quantitative estimate of drug-likeness (QED) is 0.803. The van der Waals surface area contributed by atoms with Gasteiger partial charge in [-0.05, 0) is 18.1 Å². The summed E-state index contributed by atoms with van der Waals surface area (Å²) in [6, 6.07) is 7.96. The molecule has 0 heterocycles. The van der Waals surface area contributed by atoms with Crippen molar-refractivity contribution >= 4 is 15.9 Å². The highest BCUT2D eigenvalue weighted by atomic mass is 79.9. The van der Waals surface area contributed by atoms with Gasteiger partial charge in [0.05, 0.1) is 6.61 Å². The first kappa shape index (κ1) is 10.5. The van der Waals surface area contributed by atoms with E-state index in [0.29, 0.717) is 0 Å². The first-order valence-electron chi connectivity index (χ1n) is 4.25. The molecular formula is C11H13BrO. The van der Waals surface area contributed by atoms with Crippen LogP contribution < -0.4 is 0 Å². The third-order valence-corrected chi connectivity index (χ3v) is 2.74. The summed E-state index contributed by atoms with van der Waals surface area (Å²) in [6.45, 7) is 3.84. The SMILES string of the molecule is C=CCC(CO)c1ccccc1Br. The highest BCUT2D eigenvalue weighted by Crippen LogP contribution is 2.26. The Morgan fingerprint density at radius 3 is 2.69 bits per heavy atom. The molecule has 0 aliphatic heterocycles. The number of rotatable bonds is 4. The molecule has 0 bridgehead atoms. The molecule has 0 aliphatic carbocycles. The molecule has 1 nitrogen and oxygen atoms in total. The number of allylic oxidation sites excluding steroid dienone is 1. The van der Waals surface area contributed by atoms with Crippen LogP contribution in [-0.4, -0.2) is 11.7 Å². The fraction of sp³-hybridized carbons (Fsp3) is 0.273. The Morgan fingerprint density at radius 2 is 2.15 bits per heavy atom. The smallest absolute Gasteiger partial charge is 0.0503 e. The second-order valence-corrected chi connectivity index (χ2v) is 3.78. The van der Waals surface area contributed by atoms with Gasteiger partial charge >= 0.3 is 0 Å². The Morgan fingerprint density at radius 1 is 1.46 bits per heavy atom. The van der Waals surface area contributed by atoms with E-state index in [1.807, 2.05) is 30.3 Å². The van der Waals surface area contributed by atoms with Crippen LogP contribution in [0.4, 0.5) is 0 Å². The minimum atomic E-state index is 0.160. The van der Waals surface area contributed by atoms with Crippen molar-refractivity contribution in [3.05, 3.63) is 47.0 Å². The summed E-state index contributed by atoms with van der Waals surface area (Å²) < 4.78 is 1.05. The molecule has 1 aromatic carbocycles. The van der Waals surface area contributed by atoms with E-state index in [2.05, 4.69) is 22.5 Å². The maximum atomic E-state index is 9.17. The molecule has 2 heteroatoms. The van der Waals surface area contributed by atoms with Gasteiger partial charge in [0, 0.05) is 10.4 Å². The summed E-state index contributed by atoms with van der Waals surface area (Å²) in [5.74, 6) is 0.160. The Kier molecular flexibility index (Phi) is 4.19. The molecule has 13 heavy (non-hydrogen) atoms. The maximum Gasteiger partial charge on any atom is 0.0503 e. The van der Waals surface area contributed by atoms with Gasteiger partial charge in [0.2, 0.25) is 0 Å². The van der Waals surface area contributed by atoms with Gasteiger partial charge in [-0.25, -0.2) is 0 Å². The third-order valence-electron chi connectivity index (χ3n) is 2.02. The third kappa shape index (κ3) is 2.68. The van der Waals surface area contributed by atoms with Crippen molar-refractivity contribution in [3.8, 4) is 0 Å². The van der Waals surface area contributed by atoms with Crippen molar-refractivity contribution in [2.24, 2.45) is 0 Å². The van der Waals surface area contributed by atoms with Gasteiger partial charge in [-0.1, -0.05) is 40.2 Å². The number of hydrogen-bond acceptors (Lipinski definition) is 1. The second-order valence-electron chi connectivity index (χ2n) is 2.93. The fourth-order valence-corrected chi connectivity index (χ4v) is 1.92. The molecule has 0 spiro atoms. The van der Waals surface area contributed by atoms with Gasteiger partial charge in [-0.15, -0.1) is 6.58 Å². The van der Waals surface area contributed by atoms with Gasteiger partial charge in [0.15, 0.2) is 0 Å². The molecule has 1 unspecified atom stereocenters. The zero-order valence-corrected chi connectivity index (χ0v) is 9.00. The lowest BCUT2D eigenvalue weighted by molar-refractivity contribution is 0.265. The summed E-state index contributed by atoms with van der Waals surface area (Å²) in [4.78, 5) is 0. The molecular weight excluding hydrogens is 228 g/mol. The van der Waals surface area contributed by atoms with Crippen LogP contribution in [0.3, 0.4) is 0 Å². The molecule has 0 aliphatic rings. The van der Waals surface area contributed by atoms with E-state index in [1.165, 1.54) is 0 Å². The Hall–Kier alpha value is -0.600. The molecule has 1 atom stereocenters. The minimum absolute atomic E-state index is 0.160. The largest absolute Gasteiger partial charge is 0.396 e. The molecule has 0 amide bonds. The van der Waals surface area contributed by atoms with Crippen molar-refractivity contribution in [1.29, 1.82) is 0 Å². The molecule has 0 fully saturated rings. The van der Waals surface area contributed by atoms with E-state index >= 15 is 0 Å². The lowest BCUT2D eigenvalue weighted by Gasteiger charge is -2.13. The molecule has 1 rings (SSSR count). The lowest BCUT2D eigenvalue weighted by atomic mass is 9.97. The average Bonchev–Trinajstić information content (AvgIpc) is 2.16. The molecule has 0 saturated heterocycles. The average molecular weight is 241 g/mol. The summed E-state index contributed by atoms with van der Waals surface area (Å²) in [7, 11) is 0. The predicted molar refractivity (Wildman–Crippen MR) is 58.8 cm³/mol. The predicted octanol–water partition coefficient (Wildman–Crippen LogP) is 3.10. The Labute approximate surface area is 87.2 Å². The summed E-state index contributed by atoms with van der Waals surface area (Å²) >= 11 is 3.46. The zero-order chi connectivity index (χ0) is 9.68. The van der Waals surface area contributed by atoms with Gasteiger partial charge in [0.25, 0.3) is 0 Å². The van der Waals surface area contributed by atoms with Crippen LogP contribution in [0, 0.1) is 0 Å². The first-order chi connectivity index (χ1) is 6.29. The van der Waals surface area contributed by atoms with Crippen molar-refractivity contribution < 1.29 is 5.11 Å². The summed E-state index contributed by atoms with van der Waals surface area (Å²) in [5, 5.41) is 9.17. The molecule has 0 aromatic heterocycles. The summed E-state index contributed by atoms with van der Waals surface area (Å²) in [6.07, 6.45) is 2.64. The normalized spacial score (nSPS) is 12.5. The van der Waals surface area contributed by atoms with E-state index < -0.39 is 0 Å². The monoisotopic (exact) mass is 240 g/mol. The molecule has 0 radical (unpaired) electrons. The zero-order valence-electron chi connectivity index (χ0n) is 7.41. The van der Waals surface area contributed by atoms with Gasteiger partial charge < -0.3 is 5.11 Å². The van der Waals surface area contributed by atoms with Crippen molar-refractivity contribution in [2.75, 3.05) is 6.61 Å².